The molecule has 1 aromatic carbocycles. The Balaban J connectivity index is 2.16. The lowest BCUT2D eigenvalue weighted by Crippen LogP contribution is -2.00. The maximum absolute atomic E-state index is 10.8. The highest BCUT2D eigenvalue weighted by atomic mass is 16.6. The molecule has 7 heteroatoms. The van der Waals surface area contributed by atoms with Gasteiger partial charge in [-0.3, -0.25) is 10.1 Å². The Hall–Kier alpha value is -2.57. The van der Waals surface area contributed by atoms with Crippen molar-refractivity contribution in [3.8, 4) is 0 Å². The number of aromatic nitrogens is 1. The van der Waals surface area contributed by atoms with Crippen LogP contribution in [0.3, 0.4) is 0 Å². The lowest BCUT2D eigenvalue weighted by molar-refractivity contribution is -0.384. The predicted octanol–water partition coefficient (Wildman–Crippen LogP) is 2.24. The summed E-state index contributed by atoms with van der Waals surface area (Å²) in [5.74, 6) is 0.660. The van der Waals surface area contributed by atoms with Crippen molar-refractivity contribution < 1.29 is 9.45 Å². The lowest BCUT2D eigenvalue weighted by Gasteiger charge is -2.07. The van der Waals surface area contributed by atoms with Gasteiger partial charge >= 0.3 is 0 Å². The second-order valence-corrected chi connectivity index (χ2v) is 3.61. The minimum atomic E-state index is -0.430. The number of nitrogens with one attached hydrogen (secondary N) is 2. The molecule has 0 fully saturated rings. The van der Waals surface area contributed by atoms with E-state index in [1.165, 1.54) is 12.1 Å². The van der Waals surface area contributed by atoms with Crippen LogP contribution in [0.1, 0.15) is 5.76 Å². The summed E-state index contributed by atoms with van der Waals surface area (Å²) in [7, 11) is 1.71. The van der Waals surface area contributed by atoms with Crippen molar-refractivity contribution in [2.75, 3.05) is 17.7 Å². The fraction of sp³-hybridized carbons (Fsp3) is 0.182. The monoisotopic (exact) mass is 248 g/mol. The van der Waals surface area contributed by atoms with Crippen LogP contribution in [0.5, 0.6) is 0 Å². The van der Waals surface area contributed by atoms with Gasteiger partial charge < -0.3 is 15.2 Å². The third-order valence-electron chi connectivity index (χ3n) is 2.38. The Bertz CT molecular complexity index is 539. The highest BCUT2D eigenvalue weighted by molar-refractivity contribution is 5.63. The van der Waals surface area contributed by atoms with Crippen molar-refractivity contribution in [1.82, 2.24) is 5.16 Å². The zero-order valence-electron chi connectivity index (χ0n) is 9.71. The molecule has 0 spiro atoms. The molecule has 0 radical (unpaired) electrons. The lowest BCUT2D eigenvalue weighted by atomic mass is 10.2. The molecule has 0 aliphatic carbocycles. The molecule has 2 rings (SSSR count). The van der Waals surface area contributed by atoms with Crippen molar-refractivity contribution in [3.05, 3.63) is 46.3 Å². The van der Waals surface area contributed by atoms with E-state index >= 15 is 0 Å². The van der Waals surface area contributed by atoms with Crippen molar-refractivity contribution in [2.24, 2.45) is 0 Å². The van der Waals surface area contributed by atoms with Crippen molar-refractivity contribution >= 4 is 17.1 Å². The summed E-state index contributed by atoms with van der Waals surface area (Å²) in [6.45, 7) is 0.421. The van der Waals surface area contributed by atoms with Crippen LogP contribution in [0, 0.1) is 10.1 Å². The number of benzene rings is 1. The van der Waals surface area contributed by atoms with E-state index in [0.717, 1.165) is 0 Å². The van der Waals surface area contributed by atoms with Crippen LogP contribution in [-0.4, -0.2) is 17.1 Å². The van der Waals surface area contributed by atoms with Crippen LogP contribution >= 0.6 is 0 Å². The van der Waals surface area contributed by atoms with Crippen LogP contribution in [0.15, 0.2) is 35.0 Å². The number of non-ortho nitro benzene ring substituents is 1. The molecule has 0 aliphatic heterocycles. The van der Waals surface area contributed by atoms with Gasteiger partial charge in [-0.1, -0.05) is 5.16 Å². The number of anilines is 2. The van der Waals surface area contributed by atoms with Gasteiger partial charge in [-0.2, -0.15) is 0 Å². The molecule has 94 valence electrons. The number of nitro groups is 1. The van der Waals surface area contributed by atoms with Crippen LogP contribution in [-0.2, 0) is 6.54 Å². The highest BCUT2D eigenvalue weighted by Gasteiger charge is 2.09. The molecular weight excluding hydrogens is 236 g/mol. The summed E-state index contributed by atoms with van der Waals surface area (Å²) in [5.41, 5.74) is 1.34. The quantitative estimate of drug-likeness (QED) is 0.622. The topological polar surface area (TPSA) is 93.2 Å². The van der Waals surface area contributed by atoms with Crippen LogP contribution < -0.4 is 10.6 Å². The average Bonchev–Trinajstić information content (AvgIpc) is 2.89. The number of rotatable bonds is 5. The molecule has 0 atom stereocenters. The molecule has 1 heterocycles. The van der Waals surface area contributed by atoms with Crippen molar-refractivity contribution in [2.45, 2.75) is 6.54 Å². The molecule has 0 aliphatic rings. The van der Waals surface area contributed by atoms with Gasteiger partial charge in [0.25, 0.3) is 5.69 Å². The van der Waals surface area contributed by atoms with E-state index in [1.807, 2.05) is 0 Å². The Labute approximate surface area is 103 Å². The van der Waals surface area contributed by atoms with E-state index < -0.39 is 4.92 Å². The molecule has 0 bridgehead atoms. The third-order valence-corrected chi connectivity index (χ3v) is 2.38. The van der Waals surface area contributed by atoms with Crippen LogP contribution in [0.4, 0.5) is 17.1 Å². The van der Waals surface area contributed by atoms with Crippen LogP contribution in [0.25, 0.3) is 0 Å². The summed E-state index contributed by atoms with van der Waals surface area (Å²) in [4.78, 5) is 10.3. The zero-order valence-corrected chi connectivity index (χ0v) is 9.71. The average molecular weight is 248 g/mol. The Morgan fingerprint density at radius 3 is 2.78 bits per heavy atom. The first kappa shape index (κ1) is 11.9. The number of nitrogens with zero attached hydrogens (tertiary/aromatic N) is 2. The summed E-state index contributed by atoms with van der Waals surface area (Å²) in [6, 6.07) is 6.45. The Kier molecular flexibility index (Phi) is 3.42. The van der Waals surface area contributed by atoms with E-state index in [0.29, 0.717) is 23.7 Å². The second kappa shape index (κ2) is 5.17. The fourth-order valence-electron chi connectivity index (χ4n) is 1.49. The number of nitro benzene ring substituents is 1. The van der Waals surface area contributed by atoms with Gasteiger partial charge in [-0.05, 0) is 6.07 Å². The molecule has 0 unspecified atom stereocenters. The molecule has 7 nitrogen and oxygen atoms in total. The first-order valence-electron chi connectivity index (χ1n) is 5.29. The third kappa shape index (κ3) is 2.76. The number of hydrogen-bond acceptors (Lipinski definition) is 6. The minimum Gasteiger partial charge on any atom is -0.388 e. The summed E-state index contributed by atoms with van der Waals surface area (Å²) >= 11 is 0. The van der Waals surface area contributed by atoms with E-state index in [-0.39, 0.29) is 5.69 Å². The van der Waals surface area contributed by atoms with Crippen molar-refractivity contribution in [1.29, 1.82) is 0 Å². The van der Waals surface area contributed by atoms with Gasteiger partial charge in [-0.25, -0.2) is 0 Å². The standard InChI is InChI=1S/C11H12N4O3/c1-12-8-4-9(6-10(5-8)15(16)17)13-7-11-2-3-14-18-11/h2-6,12-13H,7H2,1H3. The highest BCUT2D eigenvalue weighted by Crippen LogP contribution is 2.24. The molecule has 1 aromatic heterocycles. The van der Waals surface area contributed by atoms with Crippen LogP contribution in [0.2, 0.25) is 0 Å². The molecule has 2 N–H and O–H groups in total. The Morgan fingerprint density at radius 2 is 2.17 bits per heavy atom. The molecule has 0 amide bonds. The Morgan fingerprint density at radius 1 is 1.39 bits per heavy atom. The van der Waals surface area contributed by atoms with Gasteiger partial charge in [0.15, 0.2) is 5.76 Å². The largest absolute Gasteiger partial charge is 0.388 e. The number of hydrogen-bond donors (Lipinski definition) is 2. The summed E-state index contributed by atoms with van der Waals surface area (Å²) in [5, 5.41) is 20.3. The van der Waals surface area contributed by atoms with E-state index in [1.54, 1.807) is 25.4 Å². The summed E-state index contributed by atoms with van der Waals surface area (Å²) < 4.78 is 4.93. The van der Waals surface area contributed by atoms with Gasteiger partial charge in [0.05, 0.1) is 17.7 Å². The smallest absolute Gasteiger partial charge is 0.273 e. The summed E-state index contributed by atoms with van der Waals surface area (Å²) in [6.07, 6.45) is 1.55. The maximum atomic E-state index is 10.8. The minimum absolute atomic E-state index is 0.0296. The molecular formula is C11H12N4O3. The van der Waals surface area contributed by atoms with Gasteiger partial charge in [-0.15, -0.1) is 0 Å². The van der Waals surface area contributed by atoms with Crippen molar-refractivity contribution in [3.63, 3.8) is 0 Å². The fourth-order valence-corrected chi connectivity index (χ4v) is 1.49. The van der Waals surface area contributed by atoms with E-state index in [4.69, 9.17) is 4.52 Å². The maximum Gasteiger partial charge on any atom is 0.273 e. The van der Waals surface area contributed by atoms with Gasteiger partial charge in [0.2, 0.25) is 0 Å². The first-order valence-corrected chi connectivity index (χ1v) is 5.29. The predicted molar refractivity (Wildman–Crippen MR) is 66.5 cm³/mol. The molecule has 2 aromatic rings. The van der Waals surface area contributed by atoms with Gasteiger partial charge in [0, 0.05) is 36.6 Å². The second-order valence-electron chi connectivity index (χ2n) is 3.61. The molecule has 0 saturated heterocycles. The van der Waals surface area contributed by atoms with E-state index in [2.05, 4.69) is 15.8 Å². The normalized spacial score (nSPS) is 10.1. The zero-order chi connectivity index (χ0) is 13.0. The molecule has 0 saturated carbocycles. The SMILES string of the molecule is CNc1cc(NCc2ccno2)cc([N+](=O)[O-])c1. The van der Waals surface area contributed by atoms with E-state index in [9.17, 15) is 10.1 Å². The van der Waals surface area contributed by atoms with Gasteiger partial charge in [0.1, 0.15) is 0 Å². The molecule has 18 heavy (non-hydrogen) atoms. The first-order chi connectivity index (χ1) is 8.69.